The van der Waals surface area contributed by atoms with Crippen LogP contribution in [0.2, 0.25) is 0 Å². The first-order valence-electron chi connectivity index (χ1n) is 6.60. The molecule has 1 aromatic carbocycles. The predicted molar refractivity (Wildman–Crippen MR) is 84.4 cm³/mol. The summed E-state index contributed by atoms with van der Waals surface area (Å²) < 4.78 is 0. The van der Waals surface area contributed by atoms with Gasteiger partial charge in [0.25, 0.3) is 11.2 Å². The number of hydrogen-bond donors (Lipinski definition) is 5. The highest BCUT2D eigenvalue weighted by Crippen LogP contribution is 2.33. The first-order chi connectivity index (χ1) is 12.1. The molecule has 1 heterocycles. The SMILES string of the molecule is Nc1[nH]c(=O)c(C(=O)O)c(-c2ccc([N+](=O)[O-])cc2C(=O)O)c1C(=O)O. The largest absolute Gasteiger partial charge is 0.478 e. The third-order valence-electron chi connectivity index (χ3n) is 3.39. The van der Waals surface area contributed by atoms with Crippen molar-refractivity contribution >= 4 is 29.4 Å². The van der Waals surface area contributed by atoms with Crippen molar-refractivity contribution in [3.63, 3.8) is 0 Å². The molecule has 0 aliphatic rings. The minimum atomic E-state index is -1.83. The lowest BCUT2D eigenvalue weighted by molar-refractivity contribution is -0.384. The van der Waals surface area contributed by atoms with Crippen LogP contribution in [0.3, 0.4) is 0 Å². The van der Waals surface area contributed by atoms with Crippen LogP contribution in [0.15, 0.2) is 23.0 Å². The molecule has 0 saturated heterocycles. The Bertz CT molecular complexity index is 1040. The van der Waals surface area contributed by atoms with Gasteiger partial charge in [0.05, 0.1) is 10.5 Å². The third-order valence-corrected chi connectivity index (χ3v) is 3.39. The van der Waals surface area contributed by atoms with Gasteiger partial charge in [0.1, 0.15) is 16.9 Å². The number of benzene rings is 1. The Morgan fingerprint density at radius 3 is 2.08 bits per heavy atom. The average molecular weight is 363 g/mol. The third kappa shape index (κ3) is 2.93. The van der Waals surface area contributed by atoms with Crippen LogP contribution in [-0.2, 0) is 0 Å². The van der Waals surface area contributed by atoms with E-state index in [1.807, 2.05) is 4.98 Å². The molecule has 0 fully saturated rings. The van der Waals surface area contributed by atoms with E-state index in [0.717, 1.165) is 12.1 Å². The summed E-state index contributed by atoms with van der Waals surface area (Å²) >= 11 is 0. The molecule has 2 rings (SSSR count). The van der Waals surface area contributed by atoms with Crippen LogP contribution >= 0.6 is 0 Å². The van der Waals surface area contributed by atoms with E-state index in [4.69, 9.17) is 5.73 Å². The number of hydrogen-bond acceptors (Lipinski definition) is 7. The molecule has 0 spiro atoms. The van der Waals surface area contributed by atoms with Crippen LogP contribution in [0.25, 0.3) is 11.1 Å². The number of anilines is 1. The molecule has 0 aliphatic heterocycles. The van der Waals surface area contributed by atoms with Gasteiger partial charge in [-0.2, -0.15) is 0 Å². The van der Waals surface area contributed by atoms with Gasteiger partial charge in [-0.1, -0.05) is 0 Å². The number of pyridine rings is 1. The molecule has 0 atom stereocenters. The van der Waals surface area contributed by atoms with Crippen molar-refractivity contribution in [3.05, 3.63) is 55.4 Å². The summed E-state index contributed by atoms with van der Waals surface area (Å²) in [6.45, 7) is 0. The lowest BCUT2D eigenvalue weighted by atomic mass is 9.91. The number of carbonyl (C=O) groups is 3. The van der Waals surface area contributed by atoms with Crippen LogP contribution in [-0.4, -0.2) is 43.1 Å². The molecule has 0 radical (unpaired) electrons. The average Bonchev–Trinajstić information content (AvgIpc) is 2.52. The highest BCUT2D eigenvalue weighted by molar-refractivity contribution is 6.10. The quantitative estimate of drug-likeness (QED) is 0.368. The molecule has 0 unspecified atom stereocenters. The van der Waals surface area contributed by atoms with Crippen LogP contribution in [0, 0.1) is 10.1 Å². The summed E-state index contributed by atoms with van der Waals surface area (Å²) in [5.41, 5.74) is -0.401. The fourth-order valence-electron chi connectivity index (χ4n) is 2.36. The molecule has 12 heteroatoms. The molecule has 6 N–H and O–H groups in total. The number of nitro benzene ring substituents is 1. The Morgan fingerprint density at radius 1 is 1.04 bits per heavy atom. The van der Waals surface area contributed by atoms with Crippen molar-refractivity contribution in [2.75, 3.05) is 5.73 Å². The smallest absolute Gasteiger partial charge is 0.342 e. The first kappa shape index (κ1) is 18.1. The number of aromatic amines is 1. The van der Waals surface area contributed by atoms with E-state index in [2.05, 4.69) is 0 Å². The van der Waals surface area contributed by atoms with Gasteiger partial charge in [0.15, 0.2) is 0 Å². The second-order valence-corrected chi connectivity index (χ2v) is 4.90. The number of H-pyrrole nitrogens is 1. The lowest BCUT2D eigenvalue weighted by Gasteiger charge is -2.14. The van der Waals surface area contributed by atoms with Crippen LogP contribution in [0.1, 0.15) is 31.1 Å². The van der Waals surface area contributed by atoms with Crippen molar-refractivity contribution in [1.82, 2.24) is 4.98 Å². The van der Waals surface area contributed by atoms with Crippen molar-refractivity contribution in [1.29, 1.82) is 0 Å². The van der Waals surface area contributed by atoms with Crippen LogP contribution in [0.4, 0.5) is 11.5 Å². The fraction of sp³-hybridized carbons (Fsp3) is 0. The normalized spacial score (nSPS) is 10.3. The predicted octanol–water partition coefficient (Wildman–Crippen LogP) is 0.627. The van der Waals surface area contributed by atoms with Crippen molar-refractivity contribution in [3.8, 4) is 11.1 Å². The second kappa shape index (κ2) is 6.35. The Hall–Kier alpha value is -4.22. The highest BCUT2D eigenvalue weighted by atomic mass is 16.6. The summed E-state index contributed by atoms with van der Waals surface area (Å²) in [5, 5.41) is 38.7. The Labute approximate surface area is 142 Å². The van der Waals surface area contributed by atoms with Gasteiger partial charge < -0.3 is 26.0 Å². The highest BCUT2D eigenvalue weighted by Gasteiger charge is 2.30. The lowest BCUT2D eigenvalue weighted by Crippen LogP contribution is -2.24. The molecular formula is C14H9N3O9. The molecular weight excluding hydrogens is 354 g/mol. The molecule has 0 saturated carbocycles. The van der Waals surface area contributed by atoms with Gasteiger partial charge in [-0.15, -0.1) is 0 Å². The Morgan fingerprint density at radius 2 is 1.62 bits per heavy atom. The molecule has 26 heavy (non-hydrogen) atoms. The van der Waals surface area contributed by atoms with Crippen molar-refractivity contribution in [2.45, 2.75) is 0 Å². The topological polar surface area (TPSA) is 214 Å². The summed E-state index contributed by atoms with van der Waals surface area (Å²) in [6.07, 6.45) is 0. The standard InChI is InChI=1S/C14H9N3O9/c15-10-8(13(21)22)7(9(14(23)24)11(18)16-10)5-2-1-4(17(25)26)3-6(5)12(19)20/h1-3H,(H,19,20)(H,21,22)(H,23,24)(H3,15,16,18). The van der Waals surface area contributed by atoms with E-state index in [9.17, 15) is 44.6 Å². The molecule has 1 aromatic heterocycles. The molecule has 0 bridgehead atoms. The molecule has 134 valence electrons. The van der Waals surface area contributed by atoms with E-state index >= 15 is 0 Å². The summed E-state index contributed by atoms with van der Waals surface area (Å²) in [7, 11) is 0. The monoisotopic (exact) mass is 363 g/mol. The van der Waals surface area contributed by atoms with Gasteiger partial charge in [0.2, 0.25) is 0 Å². The molecule has 2 aromatic rings. The van der Waals surface area contributed by atoms with E-state index in [0.29, 0.717) is 6.07 Å². The number of rotatable bonds is 5. The van der Waals surface area contributed by atoms with E-state index in [1.54, 1.807) is 0 Å². The number of non-ortho nitro benzene ring substituents is 1. The number of carboxylic acid groups (broad SMARTS) is 3. The van der Waals surface area contributed by atoms with Crippen LogP contribution in [0.5, 0.6) is 0 Å². The Balaban J connectivity index is 3.07. The summed E-state index contributed by atoms with van der Waals surface area (Å²) in [6, 6.07) is 2.30. The fourth-order valence-corrected chi connectivity index (χ4v) is 2.36. The molecule has 0 aliphatic carbocycles. The zero-order chi connectivity index (χ0) is 19.8. The van der Waals surface area contributed by atoms with Crippen molar-refractivity contribution in [2.24, 2.45) is 0 Å². The van der Waals surface area contributed by atoms with Gasteiger partial charge in [-0.3, -0.25) is 14.9 Å². The number of carboxylic acids is 3. The number of nitrogens with zero attached hydrogens (tertiary/aromatic N) is 1. The van der Waals surface area contributed by atoms with Crippen molar-refractivity contribution < 1.29 is 34.6 Å². The molecule has 0 amide bonds. The van der Waals surface area contributed by atoms with E-state index < -0.39 is 67.7 Å². The number of aromatic nitrogens is 1. The Kier molecular flexibility index (Phi) is 4.43. The van der Waals surface area contributed by atoms with E-state index in [1.165, 1.54) is 0 Å². The molecule has 12 nitrogen and oxygen atoms in total. The maximum Gasteiger partial charge on any atom is 0.342 e. The minimum absolute atomic E-state index is 0.518. The van der Waals surface area contributed by atoms with Gasteiger partial charge >= 0.3 is 17.9 Å². The van der Waals surface area contributed by atoms with E-state index in [-0.39, 0.29) is 0 Å². The maximum atomic E-state index is 11.9. The zero-order valence-electron chi connectivity index (χ0n) is 12.5. The zero-order valence-corrected chi connectivity index (χ0v) is 12.5. The number of aromatic carboxylic acids is 3. The summed E-state index contributed by atoms with van der Waals surface area (Å²) in [4.78, 5) is 58.2. The maximum absolute atomic E-state index is 11.9. The van der Waals surface area contributed by atoms with Gasteiger partial charge in [-0.05, 0) is 11.6 Å². The number of nitro groups is 1. The number of nitrogens with one attached hydrogen (secondary N) is 1. The van der Waals surface area contributed by atoms with Gasteiger partial charge in [0, 0.05) is 17.7 Å². The first-order valence-corrected chi connectivity index (χ1v) is 6.60. The van der Waals surface area contributed by atoms with Gasteiger partial charge in [-0.25, -0.2) is 14.4 Å². The summed E-state index contributed by atoms with van der Waals surface area (Å²) in [5.74, 6) is -5.96. The van der Waals surface area contributed by atoms with Crippen LogP contribution < -0.4 is 11.3 Å². The number of nitrogen functional groups attached to an aromatic ring is 1. The number of nitrogens with two attached hydrogens (primary N) is 1. The minimum Gasteiger partial charge on any atom is -0.478 e. The second-order valence-electron chi connectivity index (χ2n) is 4.90.